The molecule has 0 aliphatic carbocycles. The molecule has 1 unspecified atom stereocenters. The number of ether oxygens (including phenoxy) is 1. The van der Waals surface area contributed by atoms with Gasteiger partial charge in [0.25, 0.3) is 0 Å². The second-order valence-electron chi connectivity index (χ2n) is 4.34. The molecule has 2 N–H and O–H groups in total. The van der Waals surface area contributed by atoms with Gasteiger partial charge in [-0.3, -0.25) is 4.79 Å². The number of carbonyl (C=O) groups excluding carboxylic acids is 1. The number of hydrogen-bond acceptors (Lipinski definition) is 3. The maximum atomic E-state index is 12.0. The quantitative estimate of drug-likeness (QED) is 0.903. The van der Waals surface area contributed by atoms with E-state index in [2.05, 4.69) is 10.6 Å². The molecule has 1 atom stereocenters. The maximum Gasteiger partial charge on any atom is 0.241 e. The zero-order chi connectivity index (χ0) is 13.0. The number of carbonyl (C=O) groups is 1. The lowest BCUT2D eigenvalue weighted by atomic mass is 10.0. The topological polar surface area (TPSA) is 50.4 Å². The van der Waals surface area contributed by atoms with Gasteiger partial charge < -0.3 is 15.4 Å². The predicted molar refractivity (Wildman–Crippen MR) is 79.5 cm³/mol. The van der Waals surface area contributed by atoms with Gasteiger partial charge in [-0.1, -0.05) is 18.0 Å². The lowest BCUT2D eigenvalue weighted by Crippen LogP contribution is -2.43. The molecule has 1 aliphatic rings. The molecule has 0 spiro atoms. The van der Waals surface area contributed by atoms with Crippen LogP contribution in [-0.2, 0) is 4.79 Å². The Morgan fingerprint density at radius 2 is 2.26 bits per heavy atom. The van der Waals surface area contributed by atoms with Crippen molar-refractivity contribution < 1.29 is 9.53 Å². The molecule has 1 aromatic carbocycles. The van der Waals surface area contributed by atoms with E-state index in [1.807, 2.05) is 0 Å². The van der Waals surface area contributed by atoms with Crippen molar-refractivity contribution >= 4 is 35.6 Å². The van der Waals surface area contributed by atoms with Gasteiger partial charge in [0.2, 0.25) is 5.91 Å². The summed E-state index contributed by atoms with van der Waals surface area (Å²) in [5, 5.41) is 6.62. The summed E-state index contributed by atoms with van der Waals surface area (Å²) in [5.74, 6) is 0.560. The van der Waals surface area contributed by atoms with E-state index in [4.69, 9.17) is 16.3 Å². The molecule has 0 radical (unpaired) electrons. The van der Waals surface area contributed by atoms with E-state index in [0.717, 1.165) is 25.8 Å². The molecule has 2 rings (SSSR count). The van der Waals surface area contributed by atoms with Gasteiger partial charge >= 0.3 is 0 Å². The first-order chi connectivity index (χ1) is 8.70. The van der Waals surface area contributed by atoms with Crippen LogP contribution in [0.3, 0.4) is 0 Å². The summed E-state index contributed by atoms with van der Waals surface area (Å²) in [6.07, 6.45) is 3.12. The first kappa shape index (κ1) is 16.1. The standard InChI is InChI=1S/C13H17ClN2O2.ClH/c1-18-12-8-9(5-6-10(12)14)16-13(17)11-4-2-3-7-15-11;/h5-6,8,11,15H,2-4,7H2,1H3,(H,16,17);1H. The van der Waals surface area contributed by atoms with Crippen LogP contribution in [-0.4, -0.2) is 25.6 Å². The summed E-state index contributed by atoms with van der Waals surface area (Å²) in [5.41, 5.74) is 0.702. The van der Waals surface area contributed by atoms with Crippen molar-refractivity contribution in [2.24, 2.45) is 0 Å². The first-order valence-corrected chi connectivity index (χ1v) is 6.46. The minimum atomic E-state index is -0.0968. The number of nitrogens with one attached hydrogen (secondary N) is 2. The number of anilines is 1. The normalized spacial score (nSPS) is 18.3. The van der Waals surface area contributed by atoms with Crippen molar-refractivity contribution in [3.05, 3.63) is 23.2 Å². The molecule has 0 aromatic heterocycles. The zero-order valence-electron chi connectivity index (χ0n) is 10.7. The van der Waals surface area contributed by atoms with Gasteiger partial charge in [-0.15, -0.1) is 12.4 Å². The van der Waals surface area contributed by atoms with E-state index < -0.39 is 0 Å². The van der Waals surface area contributed by atoms with Crippen molar-refractivity contribution in [2.45, 2.75) is 25.3 Å². The van der Waals surface area contributed by atoms with E-state index in [0.29, 0.717) is 16.5 Å². The van der Waals surface area contributed by atoms with Crippen LogP contribution in [0.15, 0.2) is 18.2 Å². The minimum Gasteiger partial charge on any atom is -0.495 e. The molecule has 1 aliphatic heterocycles. The van der Waals surface area contributed by atoms with Crippen molar-refractivity contribution in [1.29, 1.82) is 0 Å². The predicted octanol–water partition coefficient (Wildman–Crippen LogP) is 2.85. The van der Waals surface area contributed by atoms with Gasteiger partial charge in [0.15, 0.2) is 0 Å². The Morgan fingerprint density at radius 3 is 2.89 bits per heavy atom. The molecule has 1 fully saturated rings. The lowest BCUT2D eigenvalue weighted by Gasteiger charge is -2.22. The van der Waals surface area contributed by atoms with E-state index in [1.54, 1.807) is 25.3 Å². The molecule has 19 heavy (non-hydrogen) atoms. The van der Waals surface area contributed by atoms with Crippen LogP contribution in [0.25, 0.3) is 0 Å². The third-order valence-electron chi connectivity index (χ3n) is 3.05. The SMILES string of the molecule is COc1cc(NC(=O)C2CCCCN2)ccc1Cl.Cl. The van der Waals surface area contributed by atoms with Crippen LogP contribution in [0.4, 0.5) is 5.69 Å². The summed E-state index contributed by atoms with van der Waals surface area (Å²) in [6, 6.07) is 5.11. The second-order valence-corrected chi connectivity index (χ2v) is 4.75. The molecule has 0 bridgehead atoms. The van der Waals surface area contributed by atoms with Crippen molar-refractivity contribution in [1.82, 2.24) is 5.32 Å². The third-order valence-corrected chi connectivity index (χ3v) is 3.36. The van der Waals surface area contributed by atoms with Gasteiger partial charge in [-0.25, -0.2) is 0 Å². The molecule has 4 nitrogen and oxygen atoms in total. The molecule has 6 heteroatoms. The monoisotopic (exact) mass is 304 g/mol. The Balaban J connectivity index is 0.00000180. The second kappa shape index (κ2) is 7.58. The molecule has 1 amide bonds. The highest BCUT2D eigenvalue weighted by atomic mass is 35.5. The van der Waals surface area contributed by atoms with Crippen LogP contribution in [0.5, 0.6) is 5.75 Å². The van der Waals surface area contributed by atoms with Crippen LogP contribution in [0, 0.1) is 0 Å². The fourth-order valence-corrected chi connectivity index (χ4v) is 2.24. The minimum absolute atomic E-state index is 0. The molecule has 1 aromatic rings. The number of methoxy groups -OCH3 is 1. The van der Waals surface area contributed by atoms with Crippen LogP contribution in [0.1, 0.15) is 19.3 Å². The van der Waals surface area contributed by atoms with Gasteiger partial charge in [0, 0.05) is 11.8 Å². The Bertz CT molecular complexity index is 435. The molecule has 1 saturated heterocycles. The Labute approximate surface area is 124 Å². The molecular formula is C13H18Cl2N2O2. The number of rotatable bonds is 3. The van der Waals surface area contributed by atoms with Crippen LogP contribution >= 0.6 is 24.0 Å². The number of halogens is 2. The highest BCUT2D eigenvalue weighted by molar-refractivity contribution is 6.32. The number of amides is 1. The largest absolute Gasteiger partial charge is 0.495 e. The van der Waals surface area contributed by atoms with E-state index >= 15 is 0 Å². The summed E-state index contributed by atoms with van der Waals surface area (Å²) in [6.45, 7) is 0.905. The summed E-state index contributed by atoms with van der Waals surface area (Å²) in [7, 11) is 1.55. The Morgan fingerprint density at radius 1 is 1.47 bits per heavy atom. The summed E-state index contributed by atoms with van der Waals surface area (Å²) in [4.78, 5) is 12.0. The lowest BCUT2D eigenvalue weighted by molar-refractivity contribution is -0.118. The zero-order valence-corrected chi connectivity index (χ0v) is 12.3. The molecule has 1 heterocycles. The number of piperidine rings is 1. The molecule has 0 saturated carbocycles. The Kier molecular flexibility index (Phi) is 6.42. The highest BCUT2D eigenvalue weighted by Gasteiger charge is 2.20. The average Bonchev–Trinajstić information content (AvgIpc) is 2.42. The van der Waals surface area contributed by atoms with Crippen molar-refractivity contribution in [3.63, 3.8) is 0 Å². The van der Waals surface area contributed by atoms with E-state index in [-0.39, 0.29) is 24.4 Å². The van der Waals surface area contributed by atoms with Gasteiger partial charge in [-0.05, 0) is 31.5 Å². The molecular weight excluding hydrogens is 287 g/mol. The van der Waals surface area contributed by atoms with Crippen LogP contribution < -0.4 is 15.4 Å². The highest BCUT2D eigenvalue weighted by Crippen LogP contribution is 2.27. The molecule has 106 valence electrons. The van der Waals surface area contributed by atoms with Crippen LogP contribution in [0.2, 0.25) is 5.02 Å². The Hall–Kier alpha value is -0.970. The third kappa shape index (κ3) is 4.27. The summed E-state index contributed by atoms with van der Waals surface area (Å²) < 4.78 is 5.11. The number of benzene rings is 1. The van der Waals surface area contributed by atoms with Crippen molar-refractivity contribution in [2.75, 3.05) is 19.0 Å². The van der Waals surface area contributed by atoms with Crippen molar-refractivity contribution in [3.8, 4) is 5.75 Å². The average molecular weight is 305 g/mol. The van der Waals surface area contributed by atoms with E-state index in [9.17, 15) is 4.79 Å². The number of hydrogen-bond donors (Lipinski definition) is 2. The van der Waals surface area contributed by atoms with E-state index in [1.165, 1.54) is 0 Å². The van der Waals surface area contributed by atoms with Gasteiger partial charge in [-0.2, -0.15) is 0 Å². The fraction of sp³-hybridized carbons (Fsp3) is 0.462. The van der Waals surface area contributed by atoms with Gasteiger partial charge in [0.1, 0.15) is 5.75 Å². The smallest absolute Gasteiger partial charge is 0.241 e. The first-order valence-electron chi connectivity index (χ1n) is 6.08. The fourth-order valence-electron chi connectivity index (χ4n) is 2.04. The summed E-state index contributed by atoms with van der Waals surface area (Å²) >= 11 is 5.93. The maximum absolute atomic E-state index is 12.0. The van der Waals surface area contributed by atoms with Gasteiger partial charge in [0.05, 0.1) is 18.2 Å².